The summed E-state index contributed by atoms with van der Waals surface area (Å²) < 4.78 is 11.7. The first kappa shape index (κ1) is 24.2. The van der Waals surface area contributed by atoms with Crippen LogP contribution in [0.2, 0.25) is 0 Å². The van der Waals surface area contributed by atoms with Gasteiger partial charge in [-0.25, -0.2) is 4.98 Å². The fourth-order valence-electron chi connectivity index (χ4n) is 3.83. The molecule has 8 nitrogen and oxygen atoms in total. The van der Waals surface area contributed by atoms with Crippen LogP contribution in [0.4, 0.5) is 5.69 Å². The van der Waals surface area contributed by atoms with Gasteiger partial charge in [-0.3, -0.25) is 10.1 Å². The molecule has 0 fully saturated rings. The SMILES string of the molecule is C=CCc1cc(/C=C(/C#N)c2nc3ccc(C)cc3[nH]2)cc(OC)c1OCc1ccc([N+](=O)[O-])cc1. The van der Waals surface area contributed by atoms with Gasteiger partial charge in [0, 0.05) is 17.7 Å². The van der Waals surface area contributed by atoms with Gasteiger partial charge in [0.15, 0.2) is 11.5 Å². The van der Waals surface area contributed by atoms with Crippen LogP contribution in [0.1, 0.15) is 28.1 Å². The minimum absolute atomic E-state index is 0.0210. The molecule has 0 radical (unpaired) electrons. The van der Waals surface area contributed by atoms with Crippen molar-refractivity contribution >= 4 is 28.4 Å². The molecule has 1 N–H and O–H groups in total. The number of fused-ring (bicyclic) bond motifs is 1. The fraction of sp³-hybridized carbons (Fsp3) is 0.143. The standard InChI is InChI=1S/C28H24N4O4/c1-4-5-21-13-20(14-22(16-29)28-30-24-11-6-18(2)12-25(24)31-28)15-26(35-3)27(21)36-17-19-7-9-23(10-8-19)32(33)34/h4,6-15H,1,5,17H2,2-3H3,(H,30,31)/b22-14-. The van der Waals surface area contributed by atoms with Crippen molar-refractivity contribution in [3.8, 4) is 17.6 Å². The fourth-order valence-corrected chi connectivity index (χ4v) is 3.83. The third-order valence-electron chi connectivity index (χ3n) is 5.59. The lowest BCUT2D eigenvalue weighted by Gasteiger charge is -2.16. The average molecular weight is 481 g/mol. The number of nitro groups is 1. The third-order valence-corrected chi connectivity index (χ3v) is 5.59. The molecule has 0 aliphatic carbocycles. The number of ether oxygens (including phenoxy) is 2. The van der Waals surface area contributed by atoms with Crippen LogP contribution in [0.25, 0.3) is 22.7 Å². The van der Waals surface area contributed by atoms with Gasteiger partial charge < -0.3 is 14.5 Å². The molecule has 4 aromatic rings. The van der Waals surface area contributed by atoms with Crippen molar-refractivity contribution in [1.29, 1.82) is 5.26 Å². The van der Waals surface area contributed by atoms with E-state index < -0.39 is 4.92 Å². The number of imidazole rings is 1. The van der Waals surface area contributed by atoms with Crippen LogP contribution in [-0.2, 0) is 13.0 Å². The van der Waals surface area contributed by atoms with Crippen molar-refractivity contribution in [3.05, 3.63) is 105 Å². The Labute approximate surface area is 208 Å². The predicted molar refractivity (Wildman–Crippen MR) is 139 cm³/mol. The number of hydrogen-bond acceptors (Lipinski definition) is 6. The van der Waals surface area contributed by atoms with Crippen LogP contribution >= 0.6 is 0 Å². The molecule has 0 saturated heterocycles. The number of non-ortho nitro benzene ring substituents is 1. The Morgan fingerprint density at radius 3 is 2.67 bits per heavy atom. The predicted octanol–water partition coefficient (Wildman–Crippen LogP) is 6.16. The van der Waals surface area contributed by atoms with Gasteiger partial charge in [0.2, 0.25) is 0 Å². The summed E-state index contributed by atoms with van der Waals surface area (Å²) in [6, 6.07) is 18.0. The number of aryl methyl sites for hydroxylation is 1. The molecule has 1 heterocycles. The highest BCUT2D eigenvalue weighted by Gasteiger charge is 2.15. The molecule has 3 aromatic carbocycles. The molecule has 8 heteroatoms. The van der Waals surface area contributed by atoms with Gasteiger partial charge in [0.05, 0.1) is 28.6 Å². The van der Waals surface area contributed by atoms with Crippen molar-refractivity contribution in [1.82, 2.24) is 9.97 Å². The molecule has 0 bridgehead atoms. The van der Waals surface area contributed by atoms with Gasteiger partial charge in [-0.15, -0.1) is 6.58 Å². The summed E-state index contributed by atoms with van der Waals surface area (Å²) in [6.45, 7) is 6.04. The normalized spacial score (nSPS) is 11.2. The molecule has 0 saturated carbocycles. The zero-order chi connectivity index (χ0) is 25.7. The van der Waals surface area contributed by atoms with Crippen LogP contribution in [0.15, 0.2) is 67.3 Å². The summed E-state index contributed by atoms with van der Waals surface area (Å²) in [5.74, 6) is 1.53. The number of nitriles is 1. The van der Waals surface area contributed by atoms with Crippen molar-refractivity contribution in [2.24, 2.45) is 0 Å². The van der Waals surface area contributed by atoms with E-state index in [1.165, 1.54) is 12.1 Å². The number of aromatic amines is 1. The maximum Gasteiger partial charge on any atom is 0.269 e. The monoisotopic (exact) mass is 480 g/mol. The van der Waals surface area contributed by atoms with E-state index in [1.54, 1.807) is 37.5 Å². The molecule has 0 atom stereocenters. The Hall–Kier alpha value is -4.90. The summed E-state index contributed by atoms with van der Waals surface area (Å²) in [6.07, 6.45) is 4.02. The molecule has 0 aliphatic rings. The maximum atomic E-state index is 10.9. The molecule has 0 aliphatic heterocycles. The van der Waals surface area contributed by atoms with E-state index >= 15 is 0 Å². The number of aromatic nitrogens is 2. The van der Waals surface area contributed by atoms with Crippen LogP contribution in [0.5, 0.6) is 11.5 Å². The summed E-state index contributed by atoms with van der Waals surface area (Å²) >= 11 is 0. The van der Waals surface area contributed by atoms with Crippen LogP contribution in [-0.4, -0.2) is 22.0 Å². The Balaban J connectivity index is 1.66. The zero-order valence-corrected chi connectivity index (χ0v) is 19.9. The number of nitro benzene ring substituents is 1. The number of nitrogens with one attached hydrogen (secondary N) is 1. The molecule has 4 rings (SSSR count). The highest BCUT2D eigenvalue weighted by molar-refractivity contribution is 5.90. The molecule has 36 heavy (non-hydrogen) atoms. The lowest BCUT2D eigenvalue weighted by molar-refractivity contribution is -0.384. The van der Waals surface area contributed by atoms with Crippen LogP contribution < -0.4 is 9.47 Å². The quantitative estimate of drug-likeness (QED) is 0.133. The van der Waals surface area contributed by atoms with E-state index in [4.69, 9.17) is 9.47 Å². The molecule has 1 aromatic heterocycles. The number of nitrogens with zero attached hydrogens (tertiary/aromatic N) is 3. The number of H-pyrrole nitrogens is 1. The summed E-state index contributed by atoms with van der Waals surface area (Å²) in [7, 11) is 1.55. The lowest BCUT2D eigenvalue weighted by atomic mass is 10.0. The minimum Gasteiger partial charge on any atom is -0.493 e. The van der Waals surface area contributed by atoms with Crippen molar-refractivity contribution in [2.45, 2.75) is 20.0 Å². The summed E-state index contributed by atoms with van der Waals surface area (Å²) in [5, 5.41) is 20.7. The largest absolute Gasteiger partial charge is 0.493 e. The van der Waals surface area contributed by atoms with Gasteiger partial charge in [0.25, 0.3) is 5.69 Å². The van der Waals surface area contributed by atoms with Gasteiger partial charge in [-0.05, 0) is 72.5 Å². The van der Waals surface area contributed by atoms with Crippen molar-refractivity contribution in [3.63, 3.8) is 0 Å². The molecule has 0 amide bonds. The molecular formula is C28H24N4O4. The molecule has 180 valence electrons. The van der Waals surface area contributed by atoms with E-state index in [0.29, 0.717) is 29.3 Å². The van der Waals surface area contributed by atoms with Crippen molar-refractivity contribution < 1.29 is 14.4 Å². The maximum absolute atomic E-state index is 10.9. The van der Waals surface area contributed by atoms with Crippen LogP contribution in [0.3, 0.4) is 0 Å². The van der Waals surface area contributed by atoms with E-state index in [1.807, 2.05) is 31.2 Å². The van der Waals surface area contributed by atoms with Gasteiger partial charge >= 0.3 is 0 Å². The zero-order valence-electron chi connectivity index (χ0n) is 19.9. The number of rotatable bonds is 9. The number of benzene rings is 3. The van der Waals surface area contributed by atoms with Gasteiger partial charge in [-0.2, -0.15) is 5.26 Å². The Bertz CT molecular complexity index is 1510. The van der Waals surface area contributed by atoms with E-state index in [9.17, 15) is 15.4 Å². The Kier molecular flexibility index (Phi) is 7.12. The Morgan fingerprint density at radius 1 is 1.22 bits per heavy atom. The summed E-state index contributed by atoms with van der Waals surface area (Å²) in [4.78, 5) is 18.2. The van der Waals surface area contributed by atoms with E-state index in [2.05, 4.69) is 22.6 Å². The first-order valence-corrected chi connectivity index (χ1v) is 11.2. The topological polar surface area (TPSA) is 114 Å². The molecular weight excluding hydrogens is 456 g/mol. The first-order valence-electron chi connectivity index (χ1n) is 11.2. The lowest BCUT2D eigenvalue weighted by Crippen LogP contribution is -2.02. The first-order chi connectivity index (χ1) is 17.4. The van der Waals surface area contributed by atoms with E-state index in [0.717, 1.165) is 33.3 Å². The van der Waals surface area contributed by atoms with Crippen LogP contribution in [0, 0.1) is 28.4 Å². The molecule has 0 unspecified atom stereocenters. The second-order valence-corrected chi connectivity index (χ2v) is 8.19. The second kappa shape index (κ2) is 10.6. The average Bonchev–Trinajstić information content (AvgIpc) is 3.29. The van der Waals surface area contributed by atoms with E-state index in [-0.39, 0.29) is 12.3 Å². The third kappa shape index (κ3) is 5.26. The number of methoxy groups -OCH3 is 1. The number of allylic oxidation sites excluding steroid dienone is 2. The molecule has 0 spiro atoms. The minimum atomic E-state index is -0.440. The highest BCUT2D eigenvalue weighted by Crippen LogP contribution is 2.35. The van der Waals surface area contributed by atoms with Gasteiger partial charge in [0.1, 0.15) is 18.5 Å². The second-order valence-electron chi connectivity index (χ2n) is 8.19. The smallest absolute Gasteiger partial charge is 0.269 e. The van der Waals surface area contributed by atoms with Gasteiger partial charge in [-0.1, -0.05) is 12.1 Å². The Morgan fingerprint density at radius 2 is 2.00 bits per heavy atom. The number of hydrogen-bond donors (Lipinski definition) is 1. The summed E-state index contributed by atoms with van der Waals surface area (Å²) in [5.41, 5.74) is 5.52. The van der Waals surface area contributed by atoms with Crippen molar-refractivity contribution in [2.75, 3.05) is 7.11 Å². The highest BCUT2D eigenvalue weighted by atomic mass is 16.6.